The molecule has 1 heterocycles. The fourth-order valence-corrected chi connectivity index (χ4v) is 4.15. The summed E-state index contributed by atoms with van der Waals surface area (Å²) in [5.41, 5.74) is 5.04. The predicted molar refractivity (Wildman–Crippen MR) is 118 cm³/mol. The molecule has 0 bridgehead atoms. The number of benzene rings is 2. The quantitative estimate of drug-likeness (QED) is 0.502. The summed E-state index contributed by atoms with van der Waals surface area (Å²) in [6.07, 6.45) is 1.22. The summed E-state index contributed by atoms with van der Waals surface area (Å²) in [4.78, 5) is 24.9. The van der Waals surface area contributed by atoms with Crippen LogP contribution in [-0.2, 0) is 15.6 Å². The first-order chi connectivity index (χ1) is 15.3. The summed E-state index contributed by atoms with van der Waals surface area (Å²) in [5, 5.41) is 0. The van der Waals surface area contributed by atoms with Gasteiger partial charge in [0.25, 0.3) is 5.91 Å². The van der Waals surface area contributed by atoms with Crippen LogP contribution in [0.4, 0.5) is 0 Å². The number of hydrazine groups is 1. The van der Waals surface area contributed by atoms with Crippen LogP contribution in [0.5, 0.6) is 5.75 Å². The normalized spacial score (nSPS) is 11.2. The topological polar surface area (TPSA) is 115 Å². The van der Waals surface area contributed by atoms with Gasteiger partial charge in [0.15, 0.2) is 15.6 Å². The summed E-state index contributed by atoms with van der Waals surface area (Å²) in [6, 6.07) is 15.8. The number of hydrogen-bond acceptors (Lipinski definition) is 6. The van der Waals surface area contributed by atoms with Crippen molar-refractivity contribution in [1.82, 2.24) is 10.9 Å². The van der Waals surface area contributed by atoms with Gasteiger partial charge in [-0.05, 0) is 48.4 Å². The van der Waals surface area contributed by atoms with Crippen LogP contribution in [0.15, 0.2) is 76.2 Å². The predicted octanol–water partition coefficient (Wildman–Crippen LogP) is 3.36. The van der Waals surface area contributed by atoms with Gasteiger partial charge < -0.3 is 9.15 Å². The Morgan fingerprint density at radius 3 is 2.25 bits per heavy atom. The summed E-state index contributed by atoms with van der Waals surface area (Å²) in [7, 11) is -3.67. The van der Waals surface area contributed by atoms with Gasteiger partial charge in [0.1, 0.15) is 5.75 Å². The zero-order valence-corrected chi connectivity index (χ0v) is 18.5. The molecule has 0 saturated carbocycles. The number of nitrogens with one attached hydrogen (secondary N) is 2. The number of carbonyl (C=O) groups excluding carboxylic acids is 2. The summed E-state index contributed by atoms with van der Waals surface area (Å²) in [5.74, 6) is -0.900. The van der Waals surface area contributed by atoms with Crippen LogP contribution >= 0.6 is 0 Å². The van der Waals surface area contributed by atoms with E-state index in [-0.39, 0.29) is 16.2 Å². The number of furan rings is 1. The van der Waals surface area contributed by atoms with Crippen LogP contribution in [0.3, 0.4) is 0 Å². The summed E-state index contributed by atoms with van der Waals surface area (Å²) in [6.45, 7) is 4.63. The molecule has 0 aliphatic rings. The van der Waals surface area contributed by atoms with Crippen LogP contribution < -0.4 is 15.6 Å². The molecule has 168 valence electrons. The third-order valence-corrected chi connectivity index (χ3v) is 6.07. The molecule has 0 fully saturated rings. The van der Waals surface area contributed by atoms with E-state index in [1.165, 1.54) is 24.5 Å². The SMILES string of the molecule is CC(C)COc1ccc(C(=O)NNC(=O)c2occc2CS(=O)(=O)c2ccccc2)cc1. The monoisotopic (exact) mass is 456 g/mol. The molecule has 8 nitrogen and oxygen atoms in total. The molecule has 1 aromatic heterocycles. The van der Waals surface area contributed by atoms with Crippen molar-refractivity contribution in [3.05, 3.63) is 83.8 Å². The Labute approximate surface area is 186 Å². The fourth-order valence-electron chi connectivity index (χ4n) is 2.77. The van der Waals surface area contributed by atoms with Crippen LogP contribution in [0.2, 0.25) is 0 Å². The average molecular weight is 457 g/mol. The van der Waals surface area contributed by atoms with Gasteiger partial charge in [-0.3, -0.25) is 20.4 Å². The van der Waals surface area contributed by atoms with Gasteiger partial charge in [-0.25, -0.2) is 8.42 Å². The van der Waals surface area contributed by atoms with Gasteiger partial charge in [-0.2, -0.15) is 0 Å². The Balaban J connectivity index is 1.60. The molecule has 0 aliphatic carbocycles. The third kappa shape index (κ3) is 5.98. The van der Waals surface area contributed by atoms with Gasteiger partial charge in [0.2, 0.25) is 0 Å². The van der Waals surface area contributed by atoms with Crippen LogP contribution in [0.1, 0.15) is 40.3 Å². The highest BCUT2D eigenvalue weighted by molar-refractivity contribution is 7.90. The number of rotatable bonds is 8. The largest absolute Gasteiger partial charge is 0.493 e. The fraction of sp³-hybridized carbons (Fsp3) is 0.217. The number of sulfone groups is 1. The summed E-state index contributed by atoms with van der Waals surface area (Å²) >= 11 is 0. The van der Waals surface area contributed by atoms with E-state index in [0.29, 0.717) is 23.8 Å². The summed E-state index contributed by atoms with van der Waals surface area (Å²) < 4.78 is 35.9. The van der Waals surface area contributed by atoms with Gasteiger partial charge in [-0.1, -0.05) is 32.0 Å². The highest BCUT2D eigenvalue weighted by atomic mass is 32.2. The molecule has 0 saturated heterocycles. The van der Waals surface area contributed by atoms with Crippen LogP contribution in [0.25, 0.3) is 0 Å². The third-order valence-electron chi connectivity index (χ3n) is 4.39. The van der Waals surface area contributed by atoms with Crippen molar-refractivity contribution in [2.45, 2.75) is 24.5 Å². The van der Waals surface area contributed by atoms with Gasteiger partial charge in [0.05, 0.1) is 23.5 Å². The Morgan fingerprint density at radius 1 is 0.938 bits per heavy atom. The lowest BCUT2D eigenvalue weighted by atomic mass is 10.2. The molecular formula is C23H24N2O6S. The maximum Gasteiger partial charge on any atom is 0.305 e. The highest BCUT2D eigenvalue weighted by Crippen LogP contribution is 2.20. The zero-order chi connectivity index (χ0) is 23.1. The molecule has 2 aromatic carbocycles. The zero-order valence-electron chi connectivity index (χ0n) is 17.7. The molecule has 0 unspecified atom stereocenters. The smallest absolute Gasteiger partial charge is 0.305 e. The Morgan fingerprint density at radius 2 is 1.59 bits per heavy atom. The van der Waals surface area contributed by atoms with Crippen molar-refractivity contribution in [2.75, 3.05) is 6.61 Å². The molecule has 3 aromatic rings. The average Bonchev–Trinajstić information content (AvgIpc) is 3.24. The maximum absolute atomic E-state index is 12.6. The van der Waals surface area contributed by atoms with E-state index in [2.05, 4.69) is 10.9 Å². The van der Waals surface area contributed by atoms with Crippen molar-refractivity contribution in [1.29, 1.82) is 0 Å². The van der Waals surface area contributed by atoms with Gasteiger partial charge in [0, 0.05) is 11.1 Å². The van der Waals surface area contributed by atoms with Crippen LogP contribution in [0, 0.1) is 5.92 Å². The first-order valence-corrected chi connectivity index (χ1v) is 11.6. The molecule has 0 radical (unpaired) electrons. The number of ether oxygens (including phenoxy) is 1. The number of carbonyl (C=O) groups is 2. The first-order valence-electron chi connectivity index (χ1n) is 9.94. The Hall–Kier alpha value is -3.59. The first kappa shape index (κ1) is 23.1. The number of amides is 2. The minimum Gasteiger partial charge on any atom is -0.493 e. The highest BCUT2D eigenvalue weighted by Gasteiger charge is 2.23. The lowest BCUT2D eigenvalue weighted by Gasteiger charge is -2.10. The van der Waals surface area contributed by atoms with E-state index in [0.717, 1.165) is 0 Å². The van der Waals surface area contributed by atoms with Crippen molar-refractivity contribution in [3.63, 3.8) is 0 Å². The van der Waals surface area contributed by atoms with Crippen molar-refractivity contribution in [3.8, 4) is 5.75 Å². The van der Waals surface area contributed by atoms with E-state index in [1.54, 1.807) is 42.5 Å². The number of hydrogen-bond donors (Lipinski definition) is 2. The van der Waals surface area contributed by atoms with Gasteiger partial charge >= 0.3 is 5.91 Å². The molecule has 2 N–H and O–H groups in total. The molecular weight excluding hydrogens is 432 g/mol. The lowest BCUT2D eigenvalue weighted by Crippen LogP contribution is -2.41. The Kier molecular flexibility index (Phi) is 7.32. The van der Waals surface area contributed by atoms with E-state index in [1.807, 2.05) is 13.8 Å². The van der Waals surface area contributed by atoms with Gasteiger partial charge in [-0.15, -0.1) is 0 Å². The second-order valence-corrected chi connectivity index (χ2v) is 9.47. The standard InChI is InChI=1S/C23H24N2O6S/c1-16(2)14-31-19-10-8-17(9-11-19)22(26)24-25-23(27)21-18(12-13-30-21)15-32(28,29)20-6-4-3-5-7-20/h3-13,16H,14-15H2,1-2H3,(H,24,26)(H,25,27). The second kappa shape index (κ2) is 10.1. The van der Waals surface area contributed by atoms with Crippen LogP contribution in [-0.4, -0.2) is 26.8 Å². The van der Waals surface area contributed by atoms with Crippen molar-refractivity contribution < 1.29 is 27.2 Å². The molecule has 32 heavy (non-hydrogen) atoms. The molecule has 9 heteroatoms. The minimum atomic E-state index is -3.67. The van der Waals surface area contributed by atoms with E-state index in [9.17, 15) is 18.0 Å². The lowest BCUT2D eigenvalue weighted by molar-refractivity contribution is 0.0830. The van der Waals surface area contributed by atoms with E-state index < -0.39 is 27.4 Å². The minimum absolute atomic E-state index is 0.140. The Bertz CT molecular complexity index is 1170. The van der Waals surface area contributed by atoms with E-state index in [4.69, 9.17) is 9.15 Å². The second-order valence-electron chi connectivity index (χ2n) is 7.48. The van der Waals surface area contributed by atoms with E-state index >= 15 is 0 Å². The molecule has 2 amide bonds. The molecule has 0 spiro atoms. The maximum atomic E-state index is 12.6. The van der Waals surface area contributed by atoms with Crippen molar-refractivity contribution >= 4 is 21.7 Å². The molecule has 0 aliphatic heterocycles. The van der Waals surface area contributed by atoms with Crippen molar-refractivity contribution in [2.24, 2.45) is 5.92 Å². The molecule has 0 atom stereocenters. The molecule has 3 rings (SSSR count).